The number of carbonyl (C=O) groups excluding carboxylic acids is 1. The number of likely N-dealkylation sites (N-methyl/N-ethyl adjacent to an activating group) is 1. The summed E-state index contributed by atoms with van der Waals surface area (Å²) in [6.07, 6.45) is 0.0407. The van der Waals surface area contributed by atoms with E-state index in [4.69, 9.17) is 0 Å². The molecule has 1 heterocycles. The van der Waals surface area contributed by atoms with Crippen molar-refractivity contribution in [3.05, 3.63) is 35.4 Å². The summed E-state index contributed by atoms with van der Waals surface area (Å²) >= 11 is 0. The van der Waals surface area contributed by atoms with E-state index < -0.39 is 6.10 Å². The van der Waals surface area contributed by atoms with Crippen LogP contribution in [0.2, 0.25) is 0 Å². The maximum Gasteiger partial charge on any atom is 0.315 e. The van der Waals surface area contributed by atoms with E-state index in [0.717, 1.165) is 43.9 Å². The Morgan fingerprint density at radius 2 is 2.00 bits per heavy atom. The molecule has 1 saturated heterocycles. The van der Waals surface area contributed by atoms with Crippen molar-refractivity contribution >= 4 is 6.03 Å². The molecule has 0 bridgehead atoms. The molecule has 1 aliphatic carbocycles. The maximum absolute atomic E-state index is 12.3. The van der Waals surface area contributed by atoms with Crippen LogP contribution in [0.1, 0.15) is 24.1 Å². The fourth-order valence-corrected chi connectivity index (χ4v) is 3.62. The van der Waals surface area contributed by atoms with Gasteiger partial charge in [-0.05, 0) is 25.1 Å². The predicted molar refractivity (Wildman–Crippen MR) is 94.0 cm³/mol. The minimum atomic E-state index is -0.555. The number of benzene rings is 1. The van der Waals surface area contributed by atoms with Crippen LogP contribution in [-0.4, -0.2) is 72.9 Å². The molecule has 1 aliphatic heterocycles. The van der Waals surface area contributed by atoms with Gasteiger partial charge in [-0.3, -0.25) is 4.90 Å². The van der Waals surface area contributed by atoms with Gasteiger partial charge in [0.2, 0.25) is 0 Å². The van der Waals surface area contributed by atoms with Crippen molar-refractivity contribution in [2.45, 2.75) is 31.5 Å². The molecular formula is C18H28N4O2. The van der Waals surface area contributed by atoms with E-state index in [-0.39, 0.29) is 18.1 Å². The number of piperazine rings is 1. The van der Waals surface area contributed by atoms with Gasteiger partial charge in [0.25, 0.3) is 0 Å². The molecule has 1 aromatic carbocycles. The quantitative estimate of drug-likeness (QED) is 0.755. The third-order valence-electron chi connectivity index (χ3n) is 5.00. The number of aliphatic hydroxyl groups excluding tert-OH is 1. The smallest absolute Gasteiger partial charge is 0.315 e. The van der Waals surface area contributed by atoms with Gasteiger partial charge in [-0.2, -0.15) is 0 Å². The van der Waals surface area contributed by atoms with Crippen LogP contribution in [0.25, 0.3) is 0 Å². The average molecular weight is 332 g/mol. The van der Waals surface area contributed by atoms with Gasteiger partial charge >= 0.3 is 6.03 Å². The highest BCUT2D eigenvalue weighted by molar-refractivity contribution is 5.75. The van der Waals surface area contributed by atoms with E-state index in [1.807, 2.05) is 31.2 Å². The molecule has 3 rings (SSSR count). The molecule has 132 valence electrons. The molecule has 2 aliphatic rings. The number of rotatable bonds is 4. The molecule has 0 aromatic heterocycles. The van der Waals surface area contributed by atoms with Crippen LogP contribution in [0, 0.1) is 0 Å². The summed E-state index contributed by atoms with van der Waals surface area (Å²) in [4.78, 5) is 17.0. The van der Waals surface area contributed by atoms with Crippen LogP contribution < -0.4 is 10.6 Å². The monoisotopic (exact) mass is 332 g/mol. The third kappa shape index (κ3) is 4.06. The largest absolute Gasteiger partial charge is 0.390 e. The van der Waals surface area contributed by atoms with Crippen molar-refractivity contribution in [2.75, 3.05) is 39.8 Å². The SMILES string of the molecule is CC(CN1CCN(C)CC1)NC(=O)NC1c2ccccc2CC1O. The fraction of sp³-hybridized carbons (Fsp3) is 0.611. The van der Waals surface area contributed by atoms with Gasteiger partial charge in [-0.1, -0.05) is 24.3 Å². The molecule has 0 spiro atoms. The minimum absolute atomic E-state index is 0.0715. The molecule has 2 amide bonds. The summed E-state index contributed by atoms with van der Waals surface area (Å²) in [5.41, 5.74) is 2.13. The van der Waals surface area contributed by atoms with Crippen molar-refractivity contribution in [1.82, 2.24) is 20.4 Å². The summed E-state index contributed by atoms with van der Waals surface area (Å²) in [6, 6.07) is 7.43. The van der Waals surface area contributed by atoms with Gasteiger partial charge in [0.05, 0.1) is 12.1 Å². The second kappa shape index (κ2) is 7.51. The lowest BCUT2D eigenvalue weighted by Gasteiger charge is -2.34. The van der Waals surface area contributed by atoms with Crippen LogP contribution >= 0.6 is 0 Å². The van der Waals surface area contributed by atoms with Gasteiger partial charge in [0.1, 0.15) is 0 Å². The van der Waals surface area contributed by atoms with Crippen LogP contribution in [-0.2, 0) is 6.42 Å². The Labute approximate surface area is 143 Å². The molecule has 1 aromatic rings. The highest BCUT2D eigenvalue weighted by Gasteiger charge is 2.32. The Balaban J connectivity index is 1.49. The first-order valence-electron chi connectivity index (χ1n) is 8.76. The summed E-state index contributed by atoms with van der Waals surface area (Å²) < 4.78 is 0. The van der Waals surface area contributed by atoms with Crippen LogP contribution in [0.5, 0.6) is 0 Å². The van der Waals surface area contributed by atoms with E-state index in [0.29, 0.717) is 6.42 Å². The van der Waals surface area contributed by atoms with Gasteiger partial charge in [0.15, 0.2) is 0 Å². The molecule has 6 heteroatoms. The highest BCUT2D eigenvalue weighted by Crippen LogP contribution is 2.31. The maximum atomic E-state index is 12.3. The van der Waals surface area contributed by atoms with Gasteiger partial charge in [0, 0.05) is 45.2 Å². The second-order valence-corrected chi connectivity index (χ2v) is 7.07. The highest BCUT2D eigenvalue weighted by atomic mass is 16.3. The van der Waals surface area contributed by atoms with Crippen molar-refractivity contribution < 1.29 is 9.90 Å². The first kappa shape index (κ1) is 17.2. The molecule has 3 N–H and O–H groups in total. The predicted octanol–water partition coefficient (Wildman–Crippen LogP) is 0.580. The second-order valence-electron chi connectivity index (χ2n) is 7.07. The number of amides is 2. The molecule has 1 fully saturated rings. The number of hydrogen-bond donors (Lipinski definition) is 3. The molecular weight excluding hydrogens is 304 g/mol. The lowest BCUT2D eigenvalue weighted by atomic mass is 10.1. The lowest BCUT2D eigenvalue weighted by molar-refractivity contribution is 0.136. The number of fused-ring (bicyclic) bond motifs is 1. The van der Waals surface area contributed by atoms with E-state index >= 15 is 0 Å². The van der Waals surface area contributed by atoms with Crippen molar-refractivity contribution in [2.24, 2.45) is 0 Å². The zero-order chi connectivity index (χ0) is 17.1. The first-order valence-corrected chi connectivity index (χ1v) is 8.76. The van der Waals surface area contributed by atoms with Crippen LogP contribution in [0.15, 0.2) is 24.3 Å². The Bertz CT molecular complexity index is 572. The molecule has 0 saturated carbocycles. The third-order valence-corrected chi connectivity index (χ3v) is 5.00. The number of urea groups is 1. The van der Waals surface area contributed by atoms with Gasteiger partial charge in [-0.15, -0.1) is 0 Å². The van der Waals surface area contributed by atoms with Crippen molar-refractivity contribution in [3.63, 3.8) is 0 Å². The Hall–Kier alpha value is -1.63. The van der Waals surface area contributed by atoms with Crippen LogP contribution in [0.4, 0.5) is 4.79 Å². The van der Waals surface area contributed by atoms with Gasteiger partial charge < -0.3 is 20.6 Å². The van der Waals surface area contributed by atoms with Crippen LogP contribution in [0.3, 0.4) is 0 Å². The fourth-order valence-electron chi connectivity index (χ4n) is 3.62. The minimum Gasteiger partial charge on any atom is -0.390 e. The number of carbonyl (C=O) groups is 1. The van der Waals surface area contributed by atoms with E-state index in [1.54, 1.807) is 0 Å². The lowest BCUT2D eigenvalue weighted by Crippen LogP contribution is -2.51. The normalized spacial score (nSPS) is 26.0. The average Bonchev–Trinajstić information content (AvgIpc) is 2.85. The summed E-state index contributed by atoms with van der Waals surface area (Å²) in [7, 11) is 2.14. The number of aliphatic hydroxyl groups is 1. The zero-order valence-corrected chi connectivity index (χ0v) is 14.5. The number of nitrogens with one attached hydrogen (secondary N) is 2. The molecule has 6 nitrogen and oxygen atoms in total. The Morgan fingerprint density at radius 3 is 2.75 bits per heavy atom. The number of nitrogens with zero attached hydrogens (tertiary/aromatic N) is 2. The number of hydrogen-bond acceptors (Lipinski definition) is 4. The summed E-state index contributed by atoms with van der Waals surface area (Å²) in [5, 5.41) is 16.2. The standard InChI is InChI=1S/C18H28N4O2/c1-13(12-22-9-7-21(2)8-10-22)19-18(24)20-17-15-6-4-3-5-14(15)11-16(17)23/h3-6,13,16-17,23H,7-12H2,1-2H3,(H2,19,20,24). The Morgan fingerprint density at radius 1 is 1.29 bits per heavy atom. The molecule has 3 unspecified atom stereocenters. The summed E-state index contributed by atoms with van der Waals surface area (Å²) in [5.74, 6) is 0. The zero-order valence-electron chi connectivity index (χ0n) is 14.5. The van der Waals surface area contributed by atoms with Crippen molar-refractivity contribution in [3.8, 4) is 0 Å². The first-order chi connectivity index (χ1) is 11.5. The van der Waals surface area contributed by atoms with E-state index in [1.165, 1.54) is 0 Å². The van der Waals surface area contributed by atoms with Gasteiger partial charge in [-0.25, -0.2) is 4.79 Å². The Kier molecular flexibility index (Phi) is 5.38. The summed E-state index contributed by atoms with van der Waals surface area (Å²) in [6.45, 7) is 7.10. The molecule has 3 atom stereocenters. The molecule has 0 radical (unpaired) electrons. The topological polar surface area (TPSA) is 67.8 Å². The van der Waals surface area contributed by atoms with Crippen molar-refractivity contribution in [1.29, 1.82) is 0 Å². The van der Waals surface area contributed by atoms with E-state index in [2.05, 4.69) is 27.5 Å². The van der Waals surface area contributed by atoms with E-state index in [9.17, 15) is 9.90 Å². The molecule has 24 heavy (non-hydrogen) atoms.